The first-order valence-corrected chi connectivity index (χ1v) is 9.94. The third-order valence-electron chi connectivity index (χ3n) is 5.45. The summed E-state index contributed by atoms with van der Waals surface area (Å²) in [5, 5.41) is 5.94. The Balaban J connectivity index is 1.61. The molecule has 3 amide bonds. The first-order valence-electron chi connectivity index (χ1n) is 9.94. The molecule has 0 radical (unpaired) electrons. The minimum Gasteiger partial charge on any atom is -0.495 e. The van der Waals surface area contributed by atoms with Gasteiger partial charge in [0.15, 0.2) is 0 Å². The number of anilines is 1. The molecule has 2 aromatic carbocycles. The number of carbonyl (C=O) groups is 2. The van der Waals surface area contributed by atoms with E-state index in [1.54, 1.807) is 24.1 Å². The van der Waals surface area contributed by atoms with Gasteiger partial charge in [-0.3, -0.25) is 4.79 Å². The van der Waals surface area contributed by atoms with Crippen LogP contribution in [0.25, 0.3) is 0 Å². The number of nitrogens with zero attached hydrogens (tertiary/aromatic N) is 1. The zero-order chi connectivity index (χ0) is 20.9. The first kappa shape index (κ1) is 20.7. The van der Waals surface area contributed by atoms with Gasteiger partial charge in [0, 0.05) is 19.6 Å². The highest BCUT2D eigenvalue weighted by Crippen LogP contribution is 2.31. The Hall–Kier alpha value is -3.02. The highest BCUT2D eigenvalue weighted by Gasteiger charge is 2.39. The molecule has 2 aromatic rings. The average molecular weight is 396 g/mol. The lowest BCUT2D eigenvalue weighted by Crippen LogP contribution is -2.52. The molecule has 2 N–H and O–H groups in total. The van der Waals surface area contributed by atoms with Crippen LogP contribution in [0.3, 0.4) is 0 Å². The van der Waals surface area contributed by atoms with E-state index in [4.69, 9.17) is 4.74 Å². The molecule has 29 heavy (non-hydrogen) atoms. The fourth-order valence-electron chi connectivity index (χ4n) is 3.64. The largest absolute Gasteiger partial charge is 0.495 e. The Bertz CT molecular complexity index is 866. The summed E-state index contributed by atoms with van der Waals surface area (Å²) >= 11 is 0. The number of likely N-dealkylation sites (tertiary alicyclic amines) is 1. The predicted octanol–water partition coefficient (Wildman–Crippen LogP) is 3.95. The number of nitrogens with one attached hydrogen (secondary N) is 2. The van der Waals surface area contributed by atoms with Crippen molar-refractivity contribution >= 4 is 17.6 Å². The third-order valence-corrected chi connectivity index (χ3v) is 5.45. The molecule has 0 saturated carbocycles. The number of amides is 3. The summed E-state index contributed by atoms with van der Waals surface area (Å²) in [6, 6.07) is 15.2. The van der Waals surface area contributed by atoms with Gasteiger partial charge >= 0.3 is 6.03 Å². The van der Waals surface area contributed by atoms with E-state index in [9.17, 15) is 9.59 Å². The molecule has 0 aromatic heterocycles. The van der Waals surface area contributed by atoms with Crippen molar-refractivity contribution in [3.8, 4) is 5.75 Å². The van der Waals surface area contributed by atoms with Crippen molar-refractivity contribution in [3.05, 3.63) is 59.7 Å². The highest BCUT2D eigenvalue weighted by atomic mass is 16.5. The number of benzene rings is 2. The van der Waals surface area contributed by atoms with E-state index < -0.39 is 5.41 Å². The molecule has 1 aliphatic heterocycles. The van der Waals surface area contributed by atoms with Gasteiger partial charge in [0.2, 0.25) is 5.91 Å². The summed E-state index contributed by atoms with van der Waals surface area (Å²) in [4.78, 5) is 27.4. The van der Waals surface area contributed by atoms with Crippen molar-refractivity contribution in [2.24, 2.45) is 5.41 Å². The number of carbonyl (C=O) groups excluding carboxylic acids is 2. The summed E-state index contributed by atoms with van der Waals surface area (Å²) < 4.78 is 5.30. The maximum Gasteiger partial charge on any atom is 0.321 e. The molecule has 1 heterocycles. The van der Waals surface area contributed by atoms with Gasteiger partial charge in [0.25, 0.3) is 0 Å². The molecule has 1 fully saturated rings. The van der Waals surface area contributed by atoms with Crippen LogP contribution in [0.2, 0.25) is 0 Å². The van der Waals surface area contributed by atoms with Crippen LogP contribution < -0.4 is 15.4 Å². The number of hydrogen-bond donors (Lipinski definition) is 2. The van der Waals surface area contributed by atoms with Crippen molar-refractivity contribution < 1.29 is 14.3 Å². The van der Waals surface area contributed by atoms with E-state index in [2.05, 4.69) is 10.6 Å². The summed E-state index contributed by atoms with van der Waals surface area (Å²) in [5.41, 5.74) is 2.27. The van der Waals surface area contributed by atoms with Crippen LogP contribution in [-0.2, 0) is 11.3 Å². The minimum atomic E-state index is -0.610. The standard InChI is InChI=1S/C23H29N3O3/c1-17-9-11-18(12-10-17)15-24-21(27)23(2)13-6-14-26(16-23)22(28)25-19-7-4-5-8-20(19)29-3/h4-5,7-12H,6,13-16H2,1-3H3,(H,24,27)(H,25,28)/t23-/m0/s1. The molecular weight excluding hydrogens is 366 g/mol. The van der Waals surface area contributed by atoms with Crippen molar-refractivity contribution in [1.82, 2.24) is 10.2 Å². The summed E-state index contributed by atoms with van der Waals surface area (Å²) in [5.74, 6) is 0.587. The van der Waals surface area contributed by atoms with E-state index in [0.29, 0.717) is 31.1 Å². The second-order valence-corrected chi connectivity index (χ2v) is 7.88. The fraction of sp³-hybridized carbons (Fsp3) is 0.391. The van der Waals surface area contributed by atoms with Crippen LogP contribution in [-0.4, -0.2) is 37.0 Å². The van der Waals surface area contributed by atoms with Crippen molar-refractivity contribution in [2.75, 3.05) is 25.5 Å². The van der Waals surface area contributed by atoms with Gasteiger partial charge in [-0.1, -0.05) is 42.0 Å². The number of ether oxygens (including phenoxy) is 1. The Morgan fingerprint density at radius 1 is 1.14 bits per heavy atom. The molecule has 0 spiro atoms. The molecule has 0 unspecified atom stereocenters. The van der Waals surface area contributed by atoms with Gasteiger partial charge in [0.05, 0.1) is 18.2 Å². The van der Waals surface area contributed by atoms with Crippen molar-refractivity contribution in [2.45, 2.75) is 33.2 Å². The smallest absolute Gasteiger partial charge is 0.321 e. The Morgan fingerprint density at radius 3 is 2.59 bits per heavy atom. The third kappa shape index (κ3) is 5.08. The molecule has 0 aliphatic carbocycles. The predicted molar refractivity (Wildman–Crippen MR) is 114 cm³/mol. The second-order valence-electron chi connectivity index (χ2n) is 7.88. The quantitative estimate of drug-likeness (QED) is 0.805. The van der Waals surface area contributed by atoms with Gasteiger partial charge in [-0.2, -0.15) is 0 Å². The van der Waals surface area contributed by atoms with Crippen LogP contribution >= 0.6 is 0 Å². The molecular formula is C23H29N3O3. The minimum absolute atomic E-state index is 0.0205. The maximum atomic E-state index is 12.9. The zero-order valence-corrected chi connectivity index (χ0v) is 17.3. The van der Waals surface area contributed by atoms with Gasteiger partial charge in [-0.15, -0.1) is 0 Å². The van der Waals surface area contributed by atoms with Crippen LogP contribution in [0.1, 0.15) is 30.9 Å². The monoisotopic (exact) mass is 395 g/mol. The normalized spacial score (nSPS) is 18.8. The number of methoxy groups -OCH3 is 1. The van der Waals surface area contributed by atoms with E-state index in [-0.39, 0.29) is 11.9 Å². The van der Waals surface area contributed by atoms with E-state index in [1.807, 2.05) is 50.2 Å². The number of para-hydroxylation sites is 2. The Kier molecular flexibility index (Phi) is 6.42. The first-order chi connectivity index (χ1) is 13.9. The molecule has 1 aliphatic rings. The van der Waals surface area contributed by atoms with Crippen molar-refractivity contribution in [1.29, 1.82) is 0 Å². The van der Waals surface area contributed by atoms with E-state index in [0.717, 1.165) is 18.4 Å². The summed E-state index contributed by atoms with van der Waals surface area (Å²) in [6.45, 7) is 5.47. The fourth-order valence-corrected chi connectivity index (χ4v) is 3.64. The lowest BCUT2D eigenvalue weighted by molar-refractivity contribution is -0.132. The van der Waals surface area contributed by atoms with Crippen LogP contribution in [0.15, 0.2) is 48.5 Å². The number of rotatable bonds is 5. The lowest BCUT2D eigenvalue weighted by atomic mass is 9.81. The zero-order valence-electron chi connectivity index (χ0n) is 17.3. The topological polar surface area (TPSA) is 70.7 Å². The van der Waals surface area contributed by atoms with Crippen LogP contribution in [0, 0.1) is 12.3 Å². The van der Waals surface area contributed by atoms with Crippen LogP contribution in [0.4, 0.5) is 10.5 Å². The number of aryl methyl sites for hydroxylation is 1. The second kappa shape index (κ2) is 8.99. The molecule has 3 rings (SSSR count). The molecule has 0 bridgehead atoms. The van der Waals surface area contributed by atoms with E-state index >= 15 is 0 Å². The van der Waals surface area contributed by atoms with Crippen molar-refractivity contribution in [3.63, 3.8) is 0 Å². The van der Waals surface area contributed by atoms with Gasteiger partial charge < -0.3 is 20.3 Å². The van der Waals surface area contributed by atoms with Gasteiger partial charge in [0.1, 0.15) is 5.75 Å². The SMILES string of the molecule is COc1ccccc1NC(=O)N1CCC[C@](C)(C(=O)NCc2ccc(C)cc2)C1. The average Bonchev–Trinajstić information content (AvgIpc) is 2.73. The highest BCUT2D eigenvalue weighted by molar-refractivity contribution is 5.92. The van der Waals surface area contributed by atoms with Gasteiger partial charge in [-0.05, 0) is 44.4 Å². The lowest BCUT2D eigenvalue weighted by Gasteiger charge is -2.39. The van der Waals surface area contributed by atoms with Gasteiger partial charge in [-0.25, -0.2) is 4.79 Å². The summed E-state index contributed by atoms with van der Waals surface area (Å²) in [7, 11) is 1.57. The maximum absolute atomic E-state index is 12.9. The Labute approximate surface area is 172 Å². The molecule has 6 heteroatoms. The number of hydrogen-bond acceptors (Lipinski definition) is 3. The molecule has 1 saturated heterocycles. The Morgan fingerprint density at radius 2 is 1.86 bits per heavy atom. The number of urea groups is 1. The van der Waals surface area contributed by atoms with E-state index in [1.165, 1.54) is 5.56 Å². The van der Waals surface area contributed by atoms with Crippen LogP contribution in [0.5, 0.6) is 5.75 Å². The number of piperidine rings is 1. The molecule has 6 nitrogen and oxygen atoms in total. The summed E-state index contributed by atoms with van der Waals surface area (Å²) in [6.07, 6.45) is 1.54. The molecule has 1 atom stereocenters. The molecule has 154 valence electrons.